The lowest BCUT2D eigenvalue weighted by molar-refractivity contribution is -0.115. The van der Waals surface area contributed by atoms with Crippen LogP contribution in [0.3, 0.4) is 0 Å². The van der Waals surface area contributed by atoms with Gasteiger partial charge in [-0.25, -0.2) is 0 Å². The highest BCUT2D eigenvalue weighted by atomic mass is 32.2. The van der Waals surface area contributed by atoms with Crippen LogP contribution < -0.4 is 10.6 Å². The third-order valence-electron chi connectivity index (χ3n) is 2.79. The second-order valence-electron chi connectivity index (χ2n) is 4.29. The van der Waals surface area contributed by atoms with Crippen molar-refractivity contribution in [2.75, 3.05) is 18.5 Å². The SMILES string of the molecule is C[C@@H]1Sc2ccc(C(=O)NCCCO)cc2NC1=O. The second-order valence-corrected chi connectivity index (χ2v) is 5.68. The van der Waals surface area contributed by atoms with E-state index in [4.69, 9.17) is 5.11 Å². The quantitative estimate of drug-likeness (QED) is 0.725. The van der Waals surface area contributed by atoms with Crippen LogP contribution in [0, 0.1) is 0 Å². The summed E-state index contributed by atoms with van der Waals surface area (Å²) in [5, 5.41) is 14.0. The molecule has 0 spiro atoms. The third-order valence-corrected chi connectivity index (χ3v) is 3.97. The van der Waals surface area contributed by atoms with Crippen molar-refractivity contribution in [2.24, 2.45) is 0 Å². The number of aliphatic hydroxyl groups excluding tert-OH is 1. The molecule has 2 amide bonds. The lowest BCUT2D eigenvalue weighted by Gasteiger charge is -2.21. The van der Waals surface area contributed by atoms with Crippen molar-refractivity contribution < 1.29 is 14.7 Å². The van der Waals surface area contributed by atoms with E-state index in [1.165, 1.54) is 11.8 Å². The molecule has 1 aliphatic heterocycles. The highest BCUT2D eigenvalue weighted by Gasteiger charge is 2.23. The predicted octanol–water partition coefficient (Wildman–Crippen LogP) is 1.23. The van der Waals surface area contributed by atoms with Gasteiger partial charge in [-0.15, -0.1) is 11.8 Å². The largest absolute Gasteiger partial charge is 0.396 e. The van der Waals surface area contributed by atoms with Crippen LogP contribution in [0.1, 0.15) is 23.7 Å². The van der Waals surface area contributed by atoms with Gasteiger partial charge in [0.15, 0.2) is 0 Å². The van der Waals surface area contributed by atoms with Gasteiger partial charge in [-0.3, -0.25) is 9.59 Å². The molecule has 0 bridgehead atoms. The van der Waals surface area contributed by atoms with Gasteiger partial charge in [0.2, 0.25) is 5.91 Å². The predicted molar refractivity (Wildman–Crippen MR) is 74.4 cm³/mol. The maximum atomic E-state index is 11.8. The number of rotatable bonds is 4. The zero-order valence-electron chi connectivity index (χ0n) is 10.6. The number of carbonyl (C=O) groups excluding carboxylic acids is 2. The number of aliphatic hydroxyl groups is 1. The minimum atomic E-state index is -0.200. The van der Waals surface area contributed by atoms with Crippen LogP contribution in [0.4, 0.5) is 5.69 Å². The van der Waals surface area contributed by atoms with Crippen LogP contribution in [-0.2, 0) is 4.79 Å². The summed E-state index contributed by atoms with van der Waals surface area (Å²) in [7, 11) is 0. The number of hydrogen-bond acceptors (Lipinski definition) is 4. The molecule has 5 nitrogen and oxygen atoms in total. The van der Waals surface area contributed by atoms with Crippen molar-refractivity contribution in [3.8, 4) is 0 Å². The summed E-state index contributed by atoms with van der Waals surface area (Å²) in [5.74, 6) is -0.246. The number of nitrogens with one attached hydrogen (secondary N) is 2. The summed E-state index contributed by atoms with van der Waals surface area (Å²) >= 11 is 1.49. The lowest BCUT2D eigenvalue weighted by atomic mass is 10.1. The molecule has 1 heterocycles. The fourth-order valence-corrected chi connectivity index (χ4v) is 2.66. The number of anilines is 1. The number of amides is 2. The van der Waals surface area contributed by atoms with E-state index in [-0.39, 0.29) is 23.7 Å². The van der Waals surface area contributed by atoms with E-state index in [0.29, 0.717) is 24.2 Å². The van der Waals surface area contributed by atoms with Gasteiger partial charge < -0.3 is 15.7 Å². The van der Waals surface area contributed by atoms with E-state index in [1.54, 1.807) is 12.1 Å². The summed E-state index contributed by atoms with van der Waals surface area (Å²) in [6, 6.07) is 5.27. The first kappa shape index (κ1) is 13.9. The topological polar surface area (TPSA) is 78.4 Å². The number of thioether (sulfide) groups is 1. The standard InChI is InChI=1S/C13H16N2O3S/c1-8-12(17)15-10-7-9(3-4-11(10)19-8)13(18)14-5-2-6-16/h3-4,7-8,16H,2,5-6H2,1H3,(H,14,18)(H,15,17)/t8-/m0/s1. The summed E-state index contributed by atoms with van der Waals surface area (Å²) in [6.45, 7) is 2.33. The molecule has 102 valence electrons. The molecule has 0 radical (unpaired) electrons. The van der Waals surface area contributed by atoms with Crippen LogP contribution in [-0.4, -0.2) is 35.3 Å². The van der Waals surface area contributed by atoms with Gasteiger partial charge in [0.05, 0.1) is 10.9 Å². The smallest absolute Gasteiger partial charge is 0.251 e. The highest BCUT2D eigenvalue weighted by molar-refractivity contribution is 8.00. The van der Waals surface area contributed by atoms with E-state index in [1.807, 2.05) is 13.0 Å². The van der Waals surface area contributed by atoms with Crippen molar-refractivity contribution in [3.05, 3.63) is 23.8 Å². The van der Waals surface area contributed by atoms with Crippen LogP contribution >= 0.6 is 11.8 Å². The van der Waals surface area contributed by atoms with Gasteiger partial charge >= 0.3 is 0 Å². The Morgan fingerprint density at radius 3 is 3.05 bits per heavy atom. The molecule has 0 saturated carbocycles. The fraction of sp³-hybridized carbons (Fsp3) is 0.385. The van der Waals surface area contributed by atoms with E-state index in [9.17, 15) is 9.59 Å². The summed E-state index contributed by atoms with van der Waals surface area (Å²) in [6.07, 6.45) is 0.529. The number of fused-ring (bicyclic) bond motifs is 1. The Bertz CT molecular complexity index is 505. The molecule has 0 unspecified atom stereocenters. The van der Waals surface area contributed by atoms with Crippen LogP contribution in [0.25, 0.3) is 0 Å². The molecule has 1 atom stereocenters. The molecule has 2 rings (SSSR count). The Morgan fingerprint density at radius 2 is 2.32 bits per heavy atom. The minimum Gasteiger partial charge on any atom is -0.396 e. The third kappa shape index (κ3) is 3.27. The summed E-state index contributed by atoms with van der Waals surface area (Å²) in [5.41, 5.74) is 1.19. The molecule has 6 heteroatoms. The molecule has 3 N–H and O–H groups in total. The maximum absolute atomic E-state index is 11.8. The molecule has 0 saturated heterocycles. The van der Waals surface area contributed by atoms with Crippen LogP contribution in [0.5, 0.6) is 0 Å². The van der Waals surface area contributed by atoms with E-state index >= 15 is 0 Å². The van der Waals surface area contributed by atoms with Gasteiger partial charge in [-0.2, -0.15) is 0 Å². The fourth-order valence-electron chi connectivity index (χ4n) is 1.73. The Kier molecular flexibility index (Phi) is 4.44. The van der Waals surface area contributed by atoms with E-state index in [2.05, 4.69) is 10.6 Å². The number of carbonyl (C=O) groups is 2. The van der Waals surface area contributed by atoms with Gasteiger partial charge in [0, 0.05) is 23.6 Å². The van der Waals surface area contributed by atoms with Crippen molar-refractivity contribution in [1.29, 1.82) is 0 Å². The molecule has 1 aromatic rings. The normalized spacial score (nSPS) is 17.6. The Labute approximate surface area is 115 Å². The molecule has 0 aliphatic carbocycles. The van der Waals surface area contributed by atoms with Crippen molar-refractivity contribution >= 4 is 29.3 Å². The van der Waals surface area contributed by atoms with Crippen molar-refractivity contribution in [3.63, 3.8) is 0 Å². The molecule has 0 fully saturated rings. The Hall–Kier alpha value is -1.53. The molecular weight excluding hydrogens is 264 g/mol. The molecule has 1 aliphatic rings. The first-order valence-electron chi connectivity index (χ1n) is 6.12. The zero-order chi connectivity index (χ0) is 13.8. The van der Waals surface area contributed by atoms with Gasteiger partial charge in [0.25, 0.3) is 5.91 Å². The van der Waals surface area contributed by atoms with Crippen LogP contribution in [0.2, 0.25) is 0 Å². The maximum Gasteiger partial charge on any atom is 0.251 e. The average Bonchev–Trinajstić information content (AvgIpc) is 2.40. The number of benzene rings is 1. The molecule has 0 aromatic heterocycles. The van der Waals surface area contributed by atoms with Crippen LogP contribution in [0.15, 0.2) is 23.1 Å². The summed E-state index contributed by atoms with van der Waals surface area (Å²) in [4.78, 5) is 24.4. The number of hydrogen-bond donors (Lipinski definition) is 3. The first-order chi connectivity index (χ1) is 9.11. The minimum absolute atomic E-state index is 0.0460. The molecular formula is C13H16N2O3S. The van der Waals surface area contributed by atoms with Crippen molar-refractivity contribution in [1.82, 2.24) is 5.32 Å². The second kappa shape index (κ2) is 6.08. The van der Waals surface area contributed by atoms with E-state index in [0.717, 1.165) is 4.90 Å². The highest BCUT2D eigenvalue weighted by Crippen LogP contribution is 2.35. The monoisotopic (exact) mass is 280 g/mol. The zero-order valence-corrected chi connectivity index (χ0v) is 11.4. The molecule has 19 heavy (non-hydrogen) atoms. The van der Waals surface area contributed by atoms with E-state index < -0.39 is 0 Å². The Morgan fingerprint density at radius 1 is 1.53 bits per heavy atom. The Balaban J connectivity index is 2.10. The first-order valence-corrected chi connectivity index (χ1v) is 7.00. The van der Waals surface area contributed by atoms with Gasteiger partial charge in [-0.05, 0) is 31.5 Å². The lowest BCUT2D eigenvalue weighted by Crippen LogP contribution is -2.28. The van der Waals surface area contributed by atoms with Crippen molar-refractivity contribution in [2.45, 2.75) is 23.5 Å². The summed E-state index contributed by atoms with van der Waals surface area (Å²) < 4.78 is 0. The van der Waals surface area contributed by atoms with Gasteiger partial charge in [0.1, 0.15) is 0 Å². The van der Waals surface area contributed by atoms with Gasteiger partial charge in [-0.1, -0.05) is 0 Å². The molecule has 1 aromatic carbocycles. The average molecular weight is 280 g/mol.